The molecule has 7 heteroatoms. The Hall–Kier alpha value is -3.32. The third-order valence-corrected chi connectivity index (χ3v) is 4.72. The Morgan fingerprint density at radius 2 is 1.77 bits per heavy atom. The van der Waals surface area contributed by atoms with Crippen LogP contribution >= 0.6 is 15.9 Å². The Morgan fingerprint density at radius 3 is 2.47 bits per heavy atom. The molecule has 0 unspecified atom stereocenters. The minimum atomic E-state index is -0.288. The quantitative estimate of drug-likeness (QED) is 0.380. The summed E-state index contributed by atoms with van der Waals surface area (Å²) < 4.78 is 17.2. The summed E-state index contributed by atoms with van der Waals surface area (Å²) in [5.74, 6) is 1.91. The molecule has 1 N–H and O–H groups in total. The Bertz CT molecular complexity index is 1040. The van der Waals surface area contributed by atoms with E-state index in [0.717, 1.165) is 27.1 Å². The predicted octanol–water partition coefficient (Wildman–Crippen LogP) is 4.81. The third kappa shape index (κ3) is 5.84. The summed E-state index contributed by atoms with van der Waals surface area (Å²) in [7, 11) is 3.23. The van der Waals surface area contributed by atoms with Crippen molar-refractivity contribution in [3.63, 3.8) is 0 Å². The first-order chi connectivity index (χ1) is 14.6. The number of nitrogens with one attached hydrogen (secondary N) is 1. The minimum absolute atomic E-state index is 0.288. The number of carbonyl (C=O) groups is 1. The number of halogens is 1. The second-order valence-corrected chi connectivity index (χ2v) is 7.16. The van der Waals surface area contributed by atoms with Gasteiger partial charge in [0.2, 0.25) is 0 Å². The lowest BCUT2D eigenvalue weighted by Gasteiger charge is -2.11. The van der Waals surface area contributed by atoms with Gasteiger partial charge in [0.15, 0.2) is 0 Å². The van der Waals surface area contributed by atoms with Gasteiger partial charge >= 0.3 is 0 Å². The van der Waals surface area contributed by atoms with Crippen molar-refractivity contribution in [3.8, 4) is 17.2 Å². The standard InChI is InChI=1S/C23H21BrN2O4/c1-28-20-7-9-21(10-8-20)30-15-18-12-16(6-11-22(18)29-2)14-25-26-23(27)17-4-3-5-19(24)13-17/h3-14H,15H2,1-2H3,(H,26,27)/b25-14+. The van der Waals surface area contributed by atoms with Crippen LogP contribution in [0.4, 0.5) is 0 Å². The van der Waals surface area contributed by atoms with E-state index in [1.807, 2.05) is 48.5 Å². The zero-order valence-electron chi connectivity index (χ0n) is 16.6. The van der Waals surface area contributed by atoms with Crippen molar-refractivity contribution in [2.45, 2.75) is 6.61 Å². The number of amides is 1. The SMILES string of the molecule is COc1ccc(OCc2cc(/C=N/NC(=O)c3cccc(Br)c3)ccc2OC)cc1. The molecule has 0 spiro atoms. The highest BCUT2D eigenvalue weighted by Gasteiger charge is 2.07. The zero-order chi connectivity index (χ0) is 21.3. The van der Waals surface area contributed by atoms with Crippen LogP contribution in [0, 0.1) is 0 Å². The van der Waals surface area contributed by atoms with Gasteiger partial charge in [0, 0.05) is 15.6 Å². The molecule has 3 aromatic carbocycles. The number of carbonyl (C=O) groups excluding carboxylic acids is 1. The second-order valence-electron chi connectivity index (χ2n) is 6.24. The van der Waals surface area contributed by atoms with Crippen LogP contribution in [0.2, 0.25) is 0 Å². The molecule has 3 rings (SSSR count). The van der Waals surface area contributed by atoms with Crippen molar-refractivity contribution >= 4 is 28.1 Å². The van der Waals surface area contributed by atoms with E-state index in [0.29, 0.717) is 17.9 Å². The maximum Gasteiger partial charge on any atom is 0.271 e. The molecule has 0 aliphatic rings. The van der Waals surface area contributed by atoms with Crippen molar-refractivity contribution in [2.75, 3.05) is 14.2 Å². The Balaban J connectivity index is 1.65. The van der Waals surface area contributed by atoms with Gasteiger partial charge in [-0.05, 0) is 66.2 Å². The summed E-state index contributed by atoms with van der Waals surface area (Å²) in [5.41, 5.74) is 4.71. The second kappa shape index (κ2) is 10.5. The van der Waals surface area contributed by atoms with Gasteiger partial charge in [0.1, 0.15) is 23.9 Å². The molecule has 0 aromatic heterocycles. The van der Waals surface area contributed by atoms with Gasteiger partial charge in [0.05, 0.1) is 20.4 Å². The summed E-state index contributed by atoms with van der Waals surface area (Å²) in [5, 5.41) is 4.05. The van der Waals surface area contributed by atoms with Crippen molar-refractivity contribution in [2.24, 2.45) is 5.10 Å². The molecule has 30 heavy (non-hydrogen) atoms. The lowest BCUT2D eigenvalue weighted by molar-refractivity contribution is 0.0955. The highest BCUT2D eigenvalue weighted by molar-refractivity contribution is 9.10. The Labute approximate surface area is 183 Å². The van der Waals surface area contributed by atoms with E-state index < -0.39 is 0 Å². The Kier molecular flexibility index (Phi) is 7.45. The van der Waals surface area contributed by atoms with E-state index in [1.54, 1.807) is 38.6 Å². The fraction of sp³-hybridized carbons (Fsp3) is 0.130. The summed E-state index contributed by atoms with van der Waals surface area (Å²) in [6.45, 7) is 0.321. The first kappa shape index (κ1) is 21.4. The largest absolute Gasteiger partial charge is 0.497 e. The zero-order valence-corrected chi connectivity index (χ0v) is 18.2. The number of ether oxygens (including phenoxy) is 3. The summed E-state index contributed by atoms with van der Waals surface area (Å²) in [6.07, 6.45) is 1.58. The maximum absolute atomic E-state index is 12.2. The number of hydrogen-bond donors (Lipinski definition) is 1. The number of methoxy groups -OCH3 is 2. The number of rotatable bonds is 8. The molecule has 0 fully saturated rings. The third-order valence-electron chi connectivity index (χ3n) is 4.22. The van der Waals surface area contributed by atoms with Gasteiger partial charge in [-0.25, -0.2) is 5.43 Å². The molecule has 6 nitrogen and oxygen atoms in total. The van der Waals surface area contributed by atoms with Crippen LogP contribution in [0.5, 0.6) is 17.2 Å². The molecule has 0 atom stereocenters. The van der Waals surface area contributed by atoms with E-state index in [2.05, 4.69) is 26.5 Å². The topological polar surface area (TPSA) is 69.2 Å². The average Bonchev–Trinajstić information content (AvgIpc) is 2.78. The van der Waals surface area contributed by atoms with Gasteiger partial charge in [-0.2, -0.15) is 5.10 Å². The first-order valence-electron chi connectivity index (χ1n) is 9.12. The first-order valence-corrected chi connectivity index (χ1v) is 9.91. The van der Waals surface area contributed by atoms with Crippen molar-refractivity contribution in [1.82, 2.24) is 5.43 Å². The van der Waals surface area contributed by atoms with Crippen LogP contribution in [0.3, 0.4) is 0 Å². The lowest BCUT2D eigenvalue weighted by atomic mass is 10.1. The molecule has 0 radical (unpaired) electrons. The molecule has 0 saturated carbocycles. The number of nitrogens with zero attached hydrogens (tertiary/aromatic N) is 1. The molecule has 3 aromatic rings. The average molecular weight is 469 g/mol. The van der Waals surface area contributed by atoms with Crippen molar-refractivity contribution in [3.05, 3.63) is 87.9 Å². The molecule has 154 valence electrons. The normalized spacial score (nSPS) is 10.6. The van der Waals surface area contributed by atoms with Crippen LogP contribution in [0.25, 0.3) is 0 Å². The summed E-state index contributed by atoms with van der Waals surface area (Å²) >= 11 is 3.35. The highest BCUT2D eigenvalue weighted by Crippen LogP contribution is 2.23. The molecular weight excluding hydrogens is 448 g/mol. The number of hydrazone groups is 1. The maximum atomic E-state index is 12.2. The fourth-order valence-electron chi connectivity index (χ4n) is 2.68. The van der Waals surface area contributed by atoms with Crippen LogP contribution < -0.4 is 19.6 Å². The van der Waals surface area contributed by atoms with Gasteiger partial charge in [-0.15, -0.1) is 0 Å². The van der Waals surface area contributed by atoms with Gasteiger partial charge < -0.3 is 14.2 Å². The minimum Gasteiger partial charge on any atom is -0.497 e. The smallest absolute Gasteiger partial charge is 0.271 e. The molecule has 0 saturated heterocycles. The fourth-order valence-corrected chi connectivity index (χ4v) is 3.08. The number of hydrogen-bond acceptors (Lipinski definition) is 5. The van der Waals surface area contributed by atoms with Crippen LogP contribution in [-0.2, 0) is 6.61 Å². The summed E-state index contributed by atoms with van der Waals surface area (Å²) in [4.78, 5) is 12.2. The van der Waals surface area contributed by atoms with E-state index in [4.69, 9.17) is 14.2 Å². The van der Waals surface area contributed by atoms with Gasteiger partial charge in [0.25, 0.3) is 5.91 Å². The van der Waals surface area contributed by atoms with Crippen molar-refractivity contribution < 1.29 is 19.0 Å². The molecule has 0 aliphatic carbocycles. The van der Waals surface area contributed by atoms with Gasteiger partial charge in [-0.1, -0.05) is 22.0 Å². The molecular formula is C23H21BrN2O4. The van der Waals surface area contributed by atoms with E-state index in [1.165, 1.54) is 0 Å². The number of benzene rings is 3. The highest BCUT2D eigenvalue weighted by atomic mass is 79.9. The van der Waals surface area contributed by atoms with Crippen LogP contribution in [0.1, 0.15) is 21.5 Å². The van der Waals surface area contributed by atoms with Crippen molar-refractivity contribution in [1.29, 1.82) is 0 Å². The Morgan fingerprint density at radius 1 is 1.00 bits per heavy atom. The molecule has 0 bridgehead atoms. The molecule has 0 aliphatic heterocycles. The predicted molar refractivity (Wildman–Crippen MR) is 120 cm³/mol. The van der Waals surface area contributed by atoms with Crippen LogP contribution in [0.15, 0.2) is 76.3 Å². The monoisotopic (exact) mass is 468 g/mol. The van der Waals surface area contributed by atoms with Gasteiger partial charge in [-0.3, -0.25) is 4.79 Å². The summed E-state index contributed by atoms with van der Waals surface area (Å²) in [6, 6.07) is 20.0. The van der Waals surface area contributed by atoms with Crippen LogP contribution in [-0.4, -0.2) is 26.3 Å². The van der Waals surface area contributed by atoms with E-state index in [9.17, 15) is 4.79 Å². The molecule has 1 amide bonds. The lowest BCUT2D eigenvalue weighted by Crippen LogP contribution is -2.17. The van der Waals surface area contributed by atoms with E-state index in [-0.39, 0.29) is 5.91 Å². The van der Waals surface area contributed by atoms with E-state index >= 15 is 0 Å². The molecule has 0 heterocycles.